The van der Waals surface area contributed by atoms with Gasteiger partial charge in [0, 0.05) is 25.0 Å². The molecule has 2 N–H and O–H groups in total. The predicted molar refractivity (Wildman–Crippen MR) is 89.3 cm³/mol. The zero-order valence-corrected chi connectivity index (χ0v) is 12.6. The molecular weight excluding hydrogens is 270 g/mol. The minimum absolute atomic E-state index is 0.319. The number of hydrogen-bond donors (Lipinski definition) is 2. The van der Waals surface area contributed by atoms with E-state index in [4.69, 9.17) is 0 Å². The summed E-state index contributed by atoms with van der Waals surface area (Å²) in [6.07, 6.45) is 7.03. The zero-order valence-electron chi connectivity index (χ0n) is 12.6. The Morgan fingerprint density at radius 3 is 2.73 bits per heavy atom. The molecule has 2 aliphatic rings. The molecular formula is C19H19N3. The molecule has 2 aromatic carbocycles. The van der Waals surface area contributed by atoms with Gasteiger partial charge < -0.3 is 5.32 Å². The van der Waals surface area contributed by atoms with Crippen molar-refractivity contribution in [1.29, 1.82) is 0 Å². The van der Waals surface area contributed by atoms with E-state index in [1.165, 1.54) is 28.0 Å². The third-order valence-electron chi connectivity index (χ3n) is 4.42. The summed E-state index contributed by atoms with van der Waals surface area (Å²) in [4.78, 5) is 0. The van der Waals surface area contributed by atoms with Crippen LogP contribution in [-0.2, 0) is 0 Å². The van der Waals surface area contributed by atoms with Crippen LogP contribution in [0.1, 0.15) is 23.6 Å². The highest BCUT2D eigenvalue weighted by Crippen LogP contribution is 2.35. The van der Waals surface area contributed by atoms with E-state index in [9.17, 15) is 0 Å². The van der Waals surface area contributed by atoms with E-state index in [0.717, 1.165) is 6.42 Å². The Hall–Kier alpha value is -2.52. The number of rotatable bonds is 2. The topological polar surface area (TPSA) is 27.3 Å². The lowest BCUT2D eigenvalue weighted by molar-refractivity contribution is 0.360. The van der Waals surface area contributed by atoms with Crippen LogP contribution in [0.4, 0.5) is 0 Å². The normalized spacial score (nSPS) is 19.6. The Labute approximate surface area is 130 Å². The molecule has 3 heteroatoms. The van der Waals surface area contributed by atoms with E-state index < -0.39 is 0 Å². The smallest absolute Gasteiger partial charge is 0.0574 e. The predicted octanol–water partition coefficient (Wildman–Crippen LogP) is 3.83. The van der Waals surface area contributed by atoms with Gasteiger partial charge in [-0.15, -0.1) is 0 Å². The lowest BCUT2D eigenvalue weighted by atomic mass is 9.92. The van der Waals surface area contributed by atoms with E-state index in [2.05, 4.69) is 77.4 Å². The standard InChI is InChI=1S/C19H19N3/c1-14-17(15-6-3-2-4-7-15)8-5-9-18(14)19-12-16-13-20-10-11-22(16)21-19/h2-11,13,19-21H,12H2,1H3. The summed E-state index contributed by atoms with van der Waals surface area (Å²) >= 11 is 0. The highest BCUT2D eigenvalue weighted by Gasteiger charge is 2.28. The molecule has 0 aliphatic carbocycles. The number of hydrogen-bond acceptors (Lipinski definition) is 3. The molecule has 2 heterocycles. The van der Waals surface area contributed by atoms with Gasteiger partial charge in [0.25, 0.3) is 0 Å². The van der Waals surface area contributed by atoms with Gasteiger partial charge in [0.15, 0.2) is 0 Å². The molecule has 110 valence electrons. The maximum Gasteiger partial charge on any atom is 0.0574 e. The van der Waals surface area contributed by atoms with Crippen molar-refractivity contribution in [3.63, 3.8) is 0 Å². The molecule has 0 amide bonds. The summed E-state index contributed by atoms with van der Waals surface area (Å²) in [5.74, 6) is 0. The summed E-state index contributed by atoms with van der Waals surface area (Å²) in [5.41, 5.74) is 10.1. The Morgan fingerprint density at radius 1 is 1.05 bits per heavy atom. The molecule has 0 radical (unpaired) electrons. The first-order chi connectivity index (χ1) is 10.8. The Kier molecular flexibility index (Phi) is 3.20. The van der Waals surface area contributed by atoms with Gasteiger partial charge in [-0.2, -0.15) is 0 Å². The van der Waals surface area contributed by atoms with Gasteiger partial charge in [0.05, 0.1) is 11.7 Å². The molecule has 1 atom stereocenters. The molecule has 0 saturated carbocycles. The van der Waals surface area contributed by atoms with Crippen molar-refractivity contribution < 1.29 is 0 Å². The van der Waals surface area contributed by atoms with Crippen LogP contribution in [0.5, 0.6) is 0 Å². The summed E-state index contributed by atoms with van der Waals surface area (Å²) < 4.78 is 0. The van der Waals surface area contributed by atoms with Crippen molar-refractivity contribution in [3.05, 3.63) is 84.0 Å². The number of hydrazine groups is 1. The Balaban J connectivity index is 1.70. The van der Waals surface area contributed by atoms with Gasteiger partial charge in [-0.1, -0.05) is 48.5 Å². The van der Waals surface area contributed by atoms with Gasteiger partial charge in [0.2, 0.25) is 0 Å². The minimum Gasteiger partial charge on any atom is -0.365 e. The first-order valence-corrected chi connectivity index (χ1v) is 7.65. The van der Waals surface area contributed by atoms with Crippen LogP contribution in [-0.4, -0.2) is 5.01 Å². The molecule has 3 nitrogen and oxygen atoms in total. The minimum atomic E-state index is 0.319. The van der Waals surface area contributed by atoms with Crippen molar-refractivity contribution in [3.8, 4) is 11.1 Å². The highest BCUT2D eigenvalue weighted by molar-refractivity contribution is 5.68. The SMILES string of the molecule is Cc1c(-c2ccccc2)cccc1C1CC2=CNC=CN2N1. The molecule has 1 unspecified atom stereocenters. The van der Waals surface area contributed by atoms with Crippen LogP contribution in [0.25, 0.3) is 11.1 Å². The first-order valence-electron chi connectivity index (χ1n) is 7.65. The average Bonchev–Trinajstić information content (AvgIpc) is 2.99. The summed E-state index contributed by atoms with van der Waals surface area (Å²) in [7, 11) is 0. The number of benzene rings is 2. The van der Waals surface area contributed by atoms with Gasteiger partial charge in [0.1, 0.15) is 0 Å². The molecule has 22 heavy (non-hydrogen) atoms. The number of nitrogens with zero attached hydrogens (tertiary/aromatic N) is 1. The quantitative estimate of drug-likeness (QED) is 0.880. The molecule has 2 aliphatic heterocycles. The molecule has 2 aromatic rings. The number of nitrogens with one attached hydrogen (secondary N) is 2. The summed E-state index contributed by atoms with van der Waals surface area (Å²) in [6.45, 7) is 2.22. The maximum absolute atomic E-state index is 3.57. The van der Waals surface area contributed by atoms with Gasteiger partial charge in [-0.3, -0.25) is 5.01 Å². The van der Waals surface area contributed by atoms with Crippen molar-refractivity contribution in [2.24, 2.45) is 0 Å². The molecule has 0 spiro atoms. The highest BCUT2D eigenvalue weighted by atomic mass is 15.5. The number of fused-ring (bicyclic) bond motifs is 1. The van der Waals surface area contributed by atoms with Gasteiger partial charge in [-0.05, 0) is 29.2 Å². The molecule has 0 aromatic heterocycles. The third-order valence-corrected chi connectivity index (χ3v) is 4.42. The van der Waals surface area contributed by atoms with Gasteiger partial charge in [-0.25, -0.2) is 5.43 Å². The van der Waals surface area contributed by atoms with Crippen molar-refractivity contribution in [1.82, 2.24) is 15.8 Å². The fourth-order valence-electron chi connectivity index (χ4n) is 3.27. The van der Waals surface area contributed by atoms with Gasteiger partial charge >= 0.3 is 0 Å². The van der Waals surface area contributed by atoms with E-state index in [0.29, 0.717) is 6.04 Å². The van der Waals surface area contributed by atoms with Crippen molar-refractivity contribution in [2.75, 3.05) is 0 Å². The van der Waals surface area contributed by atoms with Crippen molar-refractivity contribution >= 4 is 0 Å². The first kappa shape index (κ1) is 13.2. The molecule has 4 rings (SSSR count). The van der Waals surface area contributed by atoms with Crippen LogP contribution < -0.4 is 10.7 Å². The van der Waals surface area contributed by atoms with Crippen molar-refractivity contribution in [2.45, 2.75) is 19.4 Å². The van der Waals surface area contributed by atoms with Crippen LogP contribution in [0.15, 0.2) is 72.8 Å². The lowest BCUT2D eigenvalue weighted by Crippen LogP contribution is -2.29. The van der Waals surface area contributed by atoms with Crippen LogP contribution >= 0.6 is 0 Å². The lowest BCUT2D eigenvalue weighted by Gasteiger charge is -2.20. The van der Waals surface area contributed by atoms with E-state index in [1.54, 1.807) is 0 Å². The fourth-order valence-corrected chi connectivity index (χ4v) is 3.27. The Morgan fingerprint density at radius 2 is 1.91 bits per heavy atom. The largest absolute Gasteiger partial charge is 0.365 e. The van der Waals surface area contributed by atoms with E-state index in [-0.39, 0.29) is 0 Å². The second-order valence-corrected chi connectivity index (χ2v) is 5.76. The average molecular weight is 289 g/mol. The second kappa shape index (κ2) is 5.35. The second-order valence-electron chi connectivity index (χ2n) is 5.76. The zero-order chi connectivity index (χ0) is 14.9. The monoisotopic (exact) mass is 289 g/mol. The molecule has 1 saturated heterocycles. The molecule has 1 fully saturated rings. The fraction of sp³-hybridized carbons (Fsp3) is 0.158. The van der Waals surface area contributed by atoms with E-state index >= 15 is 0 Å². The van der Waals surface area contributed by atoms with Crippen LogP contribution in [0, 0.1) is 6.92 Å². The van der Waals surface area contributed by atoms with Crippen LogP contribution in [0.3, 0.4) is 0 Å². The summed E-state index contributed by atoms with van der Waals surface area (Å²) in [5, 5.41) is 5.26. The van der Waals surface area contributed by atoms with E-state index in [1.807, 2.05) is 12.4 Å². The maximum atomic E-state index is 3.57. The summed E-state index contributed by atoms with van der Waals surface area (Å²) in [6, 6.07) is 17.5. The Bertz CT molecular complexity index is 747. The van der Waals surface area contributed by atoms with Crippen LogP contribution in [0.2, 0.25) is 0 Å². The molecule has 0 bridgehead atoms. The third kappa shape index (κ3) is 2.20.